The van der Waals surface area contributed by atoms with Crippen molar-refractivity contribution in [2.45, 2.75) is 30.2 Å². The number of rotatable bonds is 7. The van der Waals surface area contributed by atoms with E-state index in [1.165, 1.54) is 12.5 Å². The average molecular weight is 409 g/mol. The van der Waals surface area contributed by atoms with Gasteiger partial charge in [-0.3, -0.25) is 4.90 Å². The molecule has 0 aliphatic carbocycles. The second-order valence-electron chi connectivity index (χ2n) is 6.64. The van der Waals surface area contributed by atoms with Crippen molar-refractivity contribution in [3.8, 4) is 5.75 Å². The summed E-state index contributed by atoms with van der Waals surface area (Å²) in [5.41, 5.74) is 0.990. The van der Waals surface area contributed by atoms with Gasteiger partial charge in [0.25, 0.3) is 0 Å². The van der Waals surface area contributed by atoms with E-state index in [0.29, 0.717) is 0 Å². The number of ether oxygens (including phenoxy) is 1. The largest absolute Gasteiger partial charge is 0.496 e. The Kier molecular flexibility index (Phi) is 6.76. The van der Waals surface area contributed by atoms with E-state index in [2.05, 4.69) is 9.62 Å². The minimum absolute atomic E-state index is 0.0984. The zero-order valence-corrected chi connectivity index (χ0v) is 17.0. The lowest BCUT2D eigenvalue weighted by molar-refractivity contribution is 0.162. The number of benzene rings is 2. The molecule has 1 aliphatic rings. The summed E-state index contributed by atoms with van der Waals surface area (Å²) in [5, 5.41) is 0.219. The summed E-state index contributed by atoms with van der Waals surface area (Å²) in [4.78, 5) is 2.43. The monoisotopic (exact) mass is 408 g/mol. The third-order valence-corrected chi connectivity index (χ3v) is 6.85. The number of hydrogen-bond acceptors (Lipinski definition) is 4. The van der Waals surface area contributed by atoms with Gasteiger partial charge in [0, 0.05) is 12.1 Å². The van der Waals surface area contributed by atoms with Crippen molar-refractivity contribution in [3.63, 3.8) is 0 Å². The molecule has 1 N–H and O–H groups in total. The maximum atomic E-state index is 12.8. The van der Waals surface area contributed by atoms with Crippen LogP contribution in [0.15, 0.2) is 53.4 Å². The summed E-state index contributed by atoms with van der Waals surface area (Å²) < 4.78 is 33.8. The molecule has 7 heteroatoms. The van der Waals surface area contributed by atoms with Gasteiger partial charge >= 0.3 is 0 Å². The number of nitrogens with one attached hydrogen (secondary N) is 1. The first-order valence-electron chi connectivity index (χ1n) is 9.14. The molecule has 0 spiro atoms. The molecule has 146 valence electrons. The number of methoxy groups -OCH3 is 1. The first-order valence-corrected chi connectivity index (χ1v) is 11.0. The number of hydrogen-bond donors (Lipinski definition) is 1. The van der Waals surface area contributed by atoms with Gasteiger partial charge in [-0.15, -0.1) is 0 Å². The number of halogens is 1. The van der Waals surface area contributed by atoms with E-state index in [1.54, 1.807) is 25.3 Å². The first-order chi connectivity index (χ1) is 13.0. The Morgan fingerprint density at radius 2 is 1.74 bits per heavy atom. The fourth-order valence-corrected chi connectivity index (χ4v) is 5.09. The predicted molar refractivity (Wildman–Crippen MR) is 108 cm³/mol. The van der Waals surface area contributed by atoms with Crippen LogP contribution in [0.1, 0.15) is 30.9 Å². The van der Waals surface area contributed by atoms with Crippen molar-refractivity contribution in [3.05, 3.63) is 59.1 Å². The molecule has 5 nitrogen and oxygen atoms in total. The van der Waals surface area contributed by atoms with Crippen LogP contribution in [0, 0.1) is 0 Å². The van der Waals surface area contributed by atoms with Gasteiger partial charge in [0.05, 0.1) is 18.2 Å². The molecule has 3 rings (SSSR count). The van der Waals surface area contributed by atoms with Gasteiger partial charge in [-0.2, -0.15) is 0 Å². The molecule has 2 aromatic carbocycles. The minimum Gasteiger partial charge on any atom is -0.496 e. The normalized spacial score (nSPS) is 16.8. The van der Waals surface area contributed by atoms with E-state index in [9.17, 15) is 8.42 Å². The van der Waals surface area contributed by atoms with Crippen LogP contribution in [-0.2, 0) is 10.0 Å². The second-order valence-corrected chi connectivity index (χ2v) is 8.78. The van der Waals surface area contributed by atoms with Crippen molar-refractivity contribution in [1.29, 1.82) is 0 Å². The van der Waals surface area contributed by atoms with Gasteiger partial charge in [-0.1, -0.05) is 48.4 Å². The highest BCUT2D eigenvalue weighted by Gasteiger charge is 2.27. The van der Waals surface area contributed by atoms with Gasteiger partial charge in [0.2, 0.25) is 10.0 Å². The lowest BCUT2D eigenvalue weighted by Gasteiger charge is -2.35. The van der Waals surface area contributed by atoms with Crippen molar-refractivity contribution < 1.29 is 13.2 Å². The maximum Gasteiger partial charge on any atom is 0.242 e. The quantitative estimate of drug-likeness (QED) is 0.755. The molecule has 1 heterocycles. The molecule has 0 bridgehead atoms. The summed E-state index contributed by atoms with van der Waals surface area (Å²) >= 11 is 6.09. The van der Waals surface area contributed by atoms with E-state index < -0.39 is 10.0 Å². The Morgan fingerprint density at radius 1 is 1.07 bits per heavy atom. The average Bonchev–Trinajstić information content (AvgIpc) is 2.69. The molecule has 1 atom stereocenters. The molecule has 27 heavy (non-hydrogen) atoms. The van der Waals surface area contributed by atoms with Gasteiger partial charge in [0.15, 0.2) is 0 Å². The molecule has 1 aliphatic heterocycles. The SMILES string of the molecule is COc1ccccc1C(CNS(=O)(=O)c1ccccc1Cl)N1CCCCC1. The van der Waals surface area contributed by atoms with Crippen molar-refractivity contribution in [2.24, 2.45) is 0 Å². The molecule has 0 aromatic heterocycles. The lowest BCUT2D eigenvalue weighted by atomic mass is 10.0. The van der Waals surface area contributed by atoms with E-state index in [-0.39, 0.29) is 22.5 Å². The van der Waals surface area contributed by atoms with Crippen molar-refractivity contribution in [2.75, 3.05) is 26.7 Å². The molecule has 0 saturated carbocycles. The zero-order valence-electron chi connectivity index (χ0n) is 15.4. The van der Waals surface area contributed by atoms with Crippen LogP contribution < -0.4 is 9.46 Å². The standard InChI is InChI=1S/C20H25ClN2O3S/c1-26-19-11-5-3-9-16(19)18(23-13-7-2-8-14-23)15-22-27(24,25)20-12-6-4-10-17(20)21/h3-6,9-12,18,22H,2,7-8,13-15H2,1H3. The highest BCUT2D eigenvalue weighted by atomic mass is 35.5. The highest BCUT2D eigenvalue weighted by molar-refractivity contribution is 7.89. The number of piperidine rings is 1. The Balaban J connectivity index is 1.86. The molecule has 1 saturated heterocycles. The Bertz CT molecular complexity index is 867. The predicted octanol–water partition coefficient (Wildman–Crippen LogP) is 3.85. The summed E-state index contributed by atoms with van der Waals surface area (Å²) in [6, 6.07) is 14.2. The molecule has 1 fully saturated rings. The van der Waals surface area contributed by atoms with E-state index in [4.69, 9.17) is 16.3 Å². The smallest absolute Gasteiger partial charge is 0.242 e. The van der Waals surface area contributed by atoms with Crippen LogP contribution in [0.5, 0.6) is 5.75 Å². The van der Waals surface area contributed by atoms with Gasteiger partial charge in [0.1, 0.15) is 10.6 Å². The zero-order chi connectivity index (χ0) is 19.3. The van der Waals surface area contributed by atoms with Crippen LogP contribution in [0.3, 0.4) is 0 Å². The molecule has 1 unspecified atom stereocenters. The van der Waals surface area contributed by atoms with Crippen LogP contribution in [0.4, 0.5) is 0 Å². The van der Waals surface area contributed by atoms with E-state index in [0.717, 1.165) is 37.2 Å². The summed E-state index contributed by atoms with van der Waals surface area (Å²) in [5.74, 6) is 0.769. The number of sulfonamides is 1. The van der Waals surface area contributed by atoms with Crippen LogP contribution in [0.25, 0.3) is 0 Å². The number of nitrogens with zero attached hydrogens (tertiary/aromatic N) is 1. The van der Waals surface area contributed by atoms with Crippen LogP contribution in [-0.4, -0.2) is 40.1 Å². The fourth-order valence-electron chi connectivity index (χ4n) is 3.54. The number of likely N-dealkylation sites (tertiary alicyclic amines) is 1. The number of para-hydroxylation sites is 1. The molecular formula is C20H25ClN2O3S. The van der Waals surface area contributed by atoms with Gasteiger partial charge in [-0.25, -0.2) is 13.1 Å². The van der Waals surface area contributed by atoms with E-state index >= 15 is 0 Å². The molecule has 2 aromatic rings. The van der Waals surface area contributed by atoms with Crippen LogP contribution in [0.2, 0.25) is 5.02 Å². The first kappa shape index (κ1) is 20.1. The van der Waals surface area contributed by atoms with Crippen LogP contribution >= 0.6 is 11.6 Å². The third kappa shape index (κ3) is 4.82. The molecular weight excluding hydrogens is 384 g/mol. The Labute approximate surface area is 166 Å². The maximum absolute atomic E-state index is 12.8. The summed E-state index contributed by atoms with van der Waals surface area (Å²) in [6.07, 6.45) is 3.44. The van der Waals surface area contributed by atoms with Gasteiger partial charge < -0.3 is 4.74 Å². The van der Waals surface area contributed by atoms with Crippen molar-refractivity contribution >= 4 is 21.6 Å². The topological polar surface area (TPSA) is 58.6 Å². The summed E-state index contributed by atoms with van der Waals surface area (Å²) in [6.45, 7) is 2.14. The molecule has 0 amide bonds. The molecule has 0 radical (unpaired) electrons. The van der Waals surface area contributed by atoms with Gasteiger partial charge in [-0.05, 0) is 44.1 Å². The Morgan fingerprint density at radius 3 is 2.44 bits per heavy atom. The minimum atomic E-state index is -3.70. The Hall–Kier alpha value is -1.60. The second kappa shape index (κ2) is 9.06. The lowest BCUT2D eigenvalue weighted by Crippen LogP contribution is -2.40. The van der Waals surface area contributed by atoms with E-state index in [1.807, 2.05) is 24.3 Å². The highest BCUT2D eigenvalue weighted by Crippen LogP contribution is 2.31. The van der Waals surface area contributed by atoms with Crippen molar-refractivity contribution in [1.82, 2.24) is 9.62 Å². The fraction of sp³-hybridized carbons (Fsp3) is 0.400. The third-order valence-electron chi connectivity index (χ3n) is 4.92. The summed E-state index contributed by atoms with van der Waals surface area (Å²) in [7, 11) is -2.06.